The monoisotopic (exact) mass is 336 g/mol. The van der Waals surface area contributed by atoms with Gasteiger partial charge in [0.2, 0.25) is 11.9 Å². The van der Waals surface area contributed by atoms with Crippen LogP contribution in [0, 0.1) is 6.92 Å². The molecule has 0 bridgehead atoms. The van der Waals surface area contributed by atoms with E-state index >= 15 is 0 Å². The van der Waals surface area contributed by atoms with E-state index in [-0.39, 0.29) is 0 Å². The number of fused-ring (bicyclic) bond motifs is 1. The maximum atomic E-state index is 4.98. The largest absolute Gasteiger partial charge is 0.348 e. The highest BCUT2D eigenvalue weighted by Crippen LogP contribution is 2.30. The molecule has 6 heteroatoms. The zero-order valence-electron chi connectivity index (χ0n) is 15.1. The third kappa shape index (κ3) is 2.71. The van der Waals surface area contributed by atoms with Crippen molar-refractivity contribution in [1.82, 2.24) is 19.6 Å². The third-order valence-corrected chi connectivity index (χ3v) is 4.83. The first kappa shape index (κ1) is 15.9. The van der Waals surface area contributed by atoms with Crippen molar-refractivity contribution in [3.05, 3.63) is 35.9 Å². The van der Waals surface area contributed by atoms with Gasteiger partial charge in [-0.15, -0.1) is 10.2 Å². The van der Waals surface area contributed by atoms with Crippen LogP contribution in [0.4, 0.5) is 11.9 Å². The second kappa shape index (κ2) is 6.35. The lowest BCUT2D eigenvalue weighted by atomic mass is 10.1. The number of anilines is 2. The fraction of sp³-hybridized carbons (Fsp3) is 0.421. The maximum absolute atomic E-state index is 4.98. The lowest BCUT2D eigenvalue weighted by Crippen LogP contribution is -2.31. The van der Waals surface area contributed by atoms with Crippen LogP contribution in [-0.2, 0) is 0 Å². The highest BCUT2D eigenvalue weighted by molar-refractivity contribution is 5.73. The van der Waals surface area contributed by atoms with E-state index in [4.69, 9.17) is 4.98 Å². The lowest BCUT2D eigenvalue weighted by molar-refractivity contribution is 0.566. The zero-order chi connectivity index (χ0) is 17.4. The molecule has 1 fully saturated rings. The Hall–Kier alpha value is -2.63. The standard InChI is InChI=1S/C19H24N6/c1-14-16(15-10-6-4-7-11-15)20-18(23(2)3)25-17(14)21-22-19(25)24-12-8-5-9-13-24/h4,6-7,10-11H,5,8-9,12-13H2,1-3H3. The van der Waals surface area contributed by atoms with Crippen LogP contribution in [0.1, 0.15) is 24.8 Å². The number of hydrogen-bond acceptors (Lipinski definition) is 5. The van der Waals surface area contributed by atoms with E-state index in [9.17, 15) is 0 Å². The van der Waals surface area contributed by atoms with Crippen LogP contribution in [0.5, 0.6) is 0 Å². The molecule has 0 atom stereocenters. The molecule has 1 aromatic carbocycles. The second-order valence-corrected chi connectivity index (χ2v) is 6.85. The predicted molar refractivity (Wildman–Crippen MR) is 101 cm³/mol. The molecule has 1 saturated heterocycles. The Balaban J connectivity index is 1.94. The molecule has 130 valence electrons. The Morgan fingerprint density at radius 1 is 0.960 bits per heavy atom. The van der Waals surface area contributed by atoms with Gasteiger partial charge in [-0.1, -0.05) is 30.3 Å². The molecule has 1 aliphatic heterocycles. The number of aryl methyl sites for hydroxylation is 1. The first-order chi connectivity index (χ1) is 12.2. The second-order valence-electron chi connectivity index (χ2n) is 6.85. The number of aromatic nitrogens is 4. The molecule has 3 heterocycles. The van der Waals surface area contributed by atoms with Gasteiger partial charge in [0.05, 0.1) is 5.69 Å². The van der Waals surface area contributed by atoms with Crippen molar-refractivity contribution >= 4 is 17.5 Å². The van der Waals surface area contributed by atoms with Crippen molar-refractivity contribution in [1.29, 1.82) is 0 Å². The molecule has 4 rings (SSSR count). The summed E-state index contributed by atoms with van der Waals surface area (Å²) in [6.07, 6.45) is 3.71. The van der Waals surface area contributed by atoms with Gasteiger partial charge in [-0.3, -0.25) is 0 Å². The molecule has 25 heavy (non-hydrogen) atoms. The molecular formula is C19H24N6. The van der Waals surface area contributed by atoms with Crippen LogP contribution < -0.4 is 9.80 Å². The van der Waals surface area contributed by atoms with Crippen molar-refractivity contribution < 1.29 is 0 Å². The van der Waals surface area contributed by atoms with Gasteiger partial charge in [-0.05, 0) is 26.2 Å². The summed E-state index contributed by atoms with van der Waals surface area (Å²) >= 11 is 0. The summed E-state index contributed by atoms with van der Waals surface area (Å²) in [6, 6.07) is 10.3. The molecule has 0 radical (unpaired) electrons. The average molecular weight is 336 g/mol. The fourth-order valence-electron chi connectivity index (χ4n) is 3.52. The fourth-order valence-corrected chi connectivity index (χ4v) is 3.52. The van der Waals surface area contributed by atoms with E-state index in [2.05, 4.69) is 38.6 Å². The molecule has 0 aliphatic carbocycles. The zero-order valence-corrected chi connectivity index (χ0v) is 15.1. The number of rotatable bonds is 3. The highest BCUT2D eigenvalue weighted by Gasteiger charge is 2.23. The van der Waals surface area contributed by atoms with Crippen LogP contribution in [0.25, 0.3) is 16.9 Å². The average Bonchev–Trinajstić information content (AvgIpc) is 3.09. The van der Waals surface area contributed by atoms with Gasteiger partial charge < -0.3 is 9.80 Å². The summed E-state index contributed by atoms with van der Waals surface area (Å²) in [7, 11) is 4.04. The van der Waals surface area contributed by atoms with Gasteiger partial charge in [-0.25, -0.2) is 9.38 Å². The topological polar surface area (TPSA) is 49.6 Å². The normalized spacial score (nSPS) is 14.9. The van der Waals surface area contributed by atoms with E-state index in [0.29, 0.717) is 0 Å². The summed E-state index contributed by atoms with van der Waals surface area (Å²) < 4.78 is 2.10. The van der Waals surface area contributed by atoms with Gasteiger partial charge in [0, 0.05) is 38.3 Å². The van der Waals surface area contributed by atoms with Crippen molar-refractivity contribution in [2.45, 2.75) is 26.2 Å². The maximum Gasteiger partial charge on any atom is 0.234 e. The van der Waals surface area contributed by atoms with E-state index in [1.165, 1.54) is 19.3 Å². The summed E-state index contributed by atoms with van der Waals surface area (Å²) in [4.78, 5) is 9.35. The Morgan fingerprint density at radius 2 is 1.68 bits per heavy atom. The van der Waals surface area contributed by atoms with Crippen LogP contribution in [0.2, 0.25) is 0 Å². The van der Waals surface area contributed by atoms with E-state index in [1.807, 2.05) is 37.2 Å². The molecule has 1 aliphatic rings. The first-order valence-electron chi connectivity index (χ1n) is 8.90. The molecule has 3 aromatic rings. The molecule has 0 spiro atoms. The van der Waals surface area contributed by atoms with Crippen molar-refractivity contribution in [3.8, 4) is 11.3 Å². The van der Waals surface area contributed by atoms with Crippen LogP contribution in [0.15, 0.2) is 30.3 Å². The van der Waals surface area contributed by atoms with Crippen LogP contribution in [0.3, 0.4) is 0 Å². The number of hydrogen-bond donors (Lipinski definition) is 0. The number of benzene rings is 1. The van der Waals surface area contributed by atoms with Crippen molar-refractivity contribution in [3.63, 3.8) is 0 Å². The molecule has 6 nitrogen and oxygen atoms in total. The van der Waals surface area contributed by atoms with E-state index < -0.39 is 0 Å². The summed E-state index contributed by atoms with van der Waals surface area (Å²) in [5.41, 5.74) is 4.02. The third-order valence-electron chi connectivity index (χ3n) is 4.83. The van der Waals surface area contributed by atoms with Gasteiger partial charge >= 0.3 is 0 Å². The first-order valence-corrected chi connectivity index (χ1v) is 8.90. The Labute approximate surface area is 148 Å². The minimum atomic E-state index is 0.866. The number of piperidine rings is 1. The van der Waals surface area contributed by atoms with Crippen LogP contribution in [-0.4, -0.2) is 46.8 Å². The van der Waals surface area contributed by atoms with Gasteiger partial charge in [0.15, 0.2) is 5.65 Å². The quantitative estimate of drug-likeness (QED) is 0.735. The van der Waals surface area contributed by atoms with E-state index in [0.717, 1.165) is 47.5 Å². The van der Waals surface area contributed by atoms with Gasteiger partial charge in [0.1, 0.15) is 0 Å². The molecule has 0 amide bonds. The van der Waals surface area contributed by atoms with Crippen LogP contribution >= 0.6 is 0 Å². The van der Waals surface area contributed by atoms with Crippen molar-refractivity contribution in [2.75, 3.05) is 37.0 Å². The smallest absolute Gasteiger partial charge is 0.234 e. The molecule has 0 saturated carbocycles. The predicted octanol–water partition coefficient (Wildman–Crippen LogP) is 3.16. The molecule has 0 unspecified atom stereocenters. The molecular weight excluding hydrogens is 312 g/mol. The van der Waals surface area contributed by atoms with Gasteiger partial charge in [0.25, 0.3) is 0 Å². The number of nitrogens with zero attached hydrogens (tertiary/aromatic N) is 6. The Bertz CT molecular complexity index is 878. The Morgan fingerprint density at radius 3 is 2.36 bits per heavy atom. The lowest BCUT2D eigenvalue weighted by Gasteiger charge is -2.27. The van der Waals surface area contributed by atoms with Crippen molar-refractivity contribution in [2.24, 2.45) is 0 Å². The summed E-state index contributed by atoms with van der Waals surface area (Å²) in [5.74, 6) is 1.78. The van der Waals surface area contributed by atoms with Gasteiger partial charge in [-0.2, -0.15) is 0 Å². The minimum Gasteiger partial charge on any atom is -0.348 e. The summed E-state index contributed by atoms with van der Waals surface area (Å²) in [5, 5.41) is 9.06. The SMILES string of the molecule is Cc1c(-c2ccccc2)nc(N(C)C)n2c(N3CCCCC3)nnc12. The molecule has 2 aromatic heterocycles. The molecule has 0 N–H and O–H groups in total. The summed E-state index contributed by atoms with van der Waals surface area (Å²) in [6.45, 7) is 4.15. The highest BCUT2D eigenvalue weighted by atomic mass is 15.4. The Kier molecular flexibility index (Phi) is 4.03. The minimum absolute atomic E-state index is 0.866. The van der Waals surface area contributed by atoms with E-state index in [1.54, 1.807) is 0 Å².